The molecule has 5 nitrogen and oxygen atoms in total. The van der Waals surface area contributed by atoms with Gasteiger partial charge in [-0.15, -0.1) is 0 Å². The fourth-order valence-electron chi connectivity index (χ4n) is 1.75. The number of imidazole rings is 1. The fraction of sp³-hybridized carbons (Fsp3) is 0.333. The molecule has 1 unspecified atom stereocenters. The van der Waals surface area contributed by atoms with Crippen molar-refractivity contribution in [3.63, 3.8) is 0 Å². The number of aliphatic hydroxyl groups is 1. The molecular formula is C12H14N2O3. The molecule has 1 heterocycles. The molecule has 0 aliphatic carbocycles. The van der Waals surface area contributed by atoms with Crippen LogP contribution in [0.3, 0.4) is 0 Å². The van der Waals surface area contributed by atoms with Crippen LogP contribution in [-0.2, 0) is 16.1 Å². The maximum absolute atomic E-state index is 11.4. The zero-order valence-corrected chi connectivity index (χ0v) is 9.75. The van der Waals surface area contributed by atoms with Gasteiger partial charge in [0.25, 0.3) is 0 Å². The van der Waals surface area contributed by atoms with E-state index in [4.69, 9.17) is 0 Å². The van der Waals surface area contributed by atoms with Crippen molar-refractivity contribution < 1.29 is 14.6 Å². The van der Waals surface area contributed by atoms with Crippen molar-refractivity contribution in [2.45, 2.75) is 19.1 Å². The van der Waals surface area contributed by atoms with Crippen LogP contribution in [0.25, 0.3) is 11.0 Å². The van der Waals surface area contributed by atoms with Crippen LogP contribution in [0.5, 0.6) is 0 Å². The first kappa shape index (κ1) is 11.6. The molecule has 1 aromatic heterocycles. The van der Waals surface area contributed by atoms with E-state index in [0.717, 1.165) is 11.0 Å². The summed E-state index contributed by atoms with van der Waals surface area (Å²) in [7, 11) is 1.25. The van der Waals surface area contributed by atoms with Crippen molar-refractivity contribution in [3.05, 3.63) is 30.6 Å². The Hall–Kier alpha value is -1.88. The van der Waals surface area contributed by atoms with E-state index >= 15 is 0 Å². The molecule has 1 aromatic carbocycles. The summed E-state index contributed by atoms with van der Waals surface area (Å²) in [5, 5.41) is 9.99. The normalized spacial score (nSPS) is 14.5. The average molecular weight is 234 g/mol. The number of carbonyl (C=O) groups is 1. The van der Waals surface area contributed by atoms with Crippen LogP contribution in [0.4, 0.5) is 0 Å². The number of hydrogen-bond donors (Lipinski definition) is 1. The van der Waals surface area contributed by atoms with Crippen LogP contribution >= 0.6 is 0 Å². The lowest BCUT2D eigenvalue weighted by Crippen LogP contribution is -2.40. The number of hydrogen-bond acceptors (Lipinski definition) is 4. The zero-order valence-electron chi connectivity index (χ0n) is 9.75. The van der Waals surface area contributed by atoms with Crippen LogP contribution in [-0.4, -0.2) is 33.3 Å². The molecule has 90 valence electrons. The van der Waals surface area contributed by atoms with E-state index in [9.17, 15) is 9.90 Å². The first-order valence-electron chi connectivity index (χ1n) is 5.25. The predicted octanol–water partition coefficient (Wildman–Crippen LogP) is 0.960. The Kier molecular flexibility index (Phi) is 2.85. The molecule has 0 saturated carbocycles. The summed E-state index contributed by atoms with van der Waals surface area (Å²) in [6.07, 6.45) is 1.60. The Labute approximate surface area is 98.6 Å². The molecule has 2 aromatic rings. The van der Waals surface area contributed by atoms with E-state index in [-0.39, 0.29) is 6.54 Å². The first-order valence-corrected chi connectivity index (χ1v) is 5.25. The van der Waals surface area contributed by atoms with Crippen LogP contribution in [0.2, 0.25) is 0 Å². The van der Waals surface area contributed by atoms with Crippen LogP contribution in [0.15, 0.2) is 30.6 Å². The molecule has 0 aliphatic rings. The molecule has 0 spiro atoms. The number of benzene rings is 1. The summed E-state index contributed by atoms with van der Waals surface area (Å²) in [5.74, 6) is -0.657. The van der Waals surface area contributed by atoms with Gasteiger partial charge in [-0.3, -0.25) is 0 Å². The van der Waals surface area contributed by atoms with E-state index in [1.165, 1.54) is 14.0 Å². The van der Waals surface area contributed by atoms with E-state index in [1.54, 1.807) is 10.9 Å². The Morgan fingerprint density at radius 2 is 2.24 bits per heavy atom. The van der Waals surface area contributed by atoms with Gasteiger partial charge in [0.05, 0.1) is 31.0 Å². The van der Waals surface area contributed by atoms with Crippen molar-refractivity contribution in [1.29, 1.82) is 0 Å². The van der Waals surface area contributed by atoms with Crippen molar-refractivity contribution >= 4 is 17.0 Å². The van der Waals surface area contributed by atoms with Crippen molar-refractivity contribution in [1.82, 2.24) is 9.55 Å². The van der Waals surface area contributed by atoms with Gasteiger partial charge in [0.15, 0.2) is 5.60 Å². The maximum Gasteiger partial charge on any atom is 0.339 e. The number of para-hydroxylation sites is 2. The zero-order chi connectivity index (χ0) is 12.5. The molecule has 0 saturated heterocycles. The number of methoxy groups -OCH3 is 1. The lowest BCUT2D eigenvalue weighted by molar-refractivity contribution is -0.161. The summed E-state index contributed by atoms with van der Waals surface area (Å²) < 4.78 is 6.28. The van der Waals surface area contributed by atoms with Crippen molar-refractivity contribution in [2.75, 3.05) is 7.11 Å². The van der Waals surface area contributed by atoms with Gasteiger partial charge in [-0.1, -0.05) is 12.1 Å². The minimum absolute atomic E-state index is 0.111. The van der Waals surface area contributed by atoms with Gasteiger partial charge in [-0.2, -0.15) is 0 Å². The second-order valence-corrected chi connectivity index (χ2v) is 4.13. The quantitative estimate of drug-likeness (QED) is 0.803. The maximum atomic E-state index is 11.4. The SMILES string of the molecule is COC(=O)C(C)(O)Cn1cnc2ccccc21. The third-order valence-electron chi connectivity index (χ3n) is 2.63. The van der Waals surface area contributed by atoms with E-state index in [1.807, 2.05) is 24.3 Å². The third-order valence-corrected chi connectivity index (χ3v) is 2.63. The Bertz CT molecular complexity index is 545. The van der Waals surface area contributed by atoms with E-state index in [0.29, 0.717) is 0 Å². The highest BCUT2D eigenvalue weighted by Crippen LogP contribution is 2.16. The average Bonchev–Trinajstić information content (AvgIpc) is 2.71. The Morgan fingerprint density at radius 1 is 1.53 bits per heavy atom. The van der Waals surface area contributed by atoms with Gasteiger partial charge in [-0.05, 0) is 19.1 Å². The topological polar surface area (TPSA) is 64.3 Å². The van der Waals surface area contributed by atoms with Gasteiger partial charge in [0, 0.05) is 0 Å². The summed E-state index contributed by atoms with van der Waals surface area (Å²) in [6, 6.07) is 7.53. The van der Waals surface area contributed by atoms with Gasteiger partial charge < -0.3 is 14.4 Å². The molecule has 0 bridgehead atoms. The van der Waals surface area contributed by atoms with Crippen molar-refractivity contribution in [2.24, 2.45) is 0 Å². The number of nitrogens with zero attached hydrogens (tertiary/aromatic N) is 2. The van der Waals surface area contributed by atoms with E-state index < -0.39 is 11.6 Å². The summed E-state index contributed by atoms with van der Waals surface area (Å²) >= 11 is 0. The Balaban J connectivity index is 2.33. The summed E-state index contributed by atoms with van der Waals surface area (Å²) in [4.78, 5) is 15.6. The molecule has 17 heavy (non-hydrogen) atoms. The number of carbonyl (C=O) groups excluding carboxylic acids is 1. The molecule has 1 N–H and O–H groups in total. The molecule has 0 amide bonds. The standard InChI is InChI=1S/C12H14N2O3/c1-12(16,11(15)17-2)7-14-8-13-9-5-3-4-6-10(9)14/h3-6,8,16H,7H2,1-2H3. The monoisotopic (exact) mass is 234 g/mol. The van der Waals surface area contributed by atoms with E-state index in [2.05, 4.69) is 9.72 Å². The van der Waals surface area contributed by atoms with Crippen LogP contribution in [0.1, 0.15) is 6.92 Å². The number of esters is 1. The van der Waals surface area contributed by atoms with Gasteiger partial charge in [0.1, 0.15) is 0 Å². The van der Waals surface area contributed by atoms with Gasteiger partial charge in [-0.25, -0.2) is 9.78 Å². The van der Waals surface area contributed by atoms with Gasteiger partial charge in [0.2, 0.25) is 0 Å². The Morgan fingerprint density at radius 3 is 2.94 bits per heavy atom. The fourth-order valence-corrected chi connectivity index (χ4v) is 1.75. The molecule has 0 fully saturated rings. The molecule has 1 atom stereocenters. The number of rotatable bonds is 3. The largest absolute Gasteiger partial charge is 0.467 e. The van der Waals surface area contributed by atoms with Crippen molar-refractivity contribution in [3.8, 4) is 0 Å². The lowest BCUT2D eigenvalue weighted by atomic mass is 10.1. The van der Waals surface area contributed by atoms with Crippen LogP contribution < -0.4 is 0 Å². The van der Waals surface area contributed by atoms with Gasteiger partial charge >= 0.3 is 5.97 Å². The summed E-state index contributed by atoms with van der Waals surface area (Å²) in [5.41, 5.74) is 0.142. The number of ether oxygens (including phenoxy) is 1. The minimum Gasteiger partial charge on any atom is -0.467 e. The molecule has 0 aliphatic heterocycles. The third kappa shape index (κ3) is 2.14. The minimum atomic E-state index is -1.56. The molecule has 5 heteroatoms. The van der Waals surface area contributed by atoms with Crippen LogP contribution in [0, 0.1) is 0 Å². The number of fused-ring (bicyclic) bond motifs is 1. The second-order valence-electron chi connectivity index (χ2n) is 4.13. The lowest BCUT2D eigenvalue weighted by Gasteiger charge is -2.20. The smallest absolute Gasteiger partial charge is 0.339 e. The predicted molar refractivity (Wildman–Crippen MR) is 62.4 cm³/mol. The highest BCUT2D eigenvalue weighted by Gasteiger charge is 2.32. The second kappa shape index (κ2) is 4.18. The first-order chi connectivity index (χ1) is 8.04. The molecule has 2 rings (SSSR count). The molecular weight excluding hydrogens is 220 g/mol. The highest BCUT2D eigenvalue weighted by molar-refractivity contribution is 5.79. The summed E-state index contributed by atoms with van der Waals surface area (Å²) in [6.45, 7) is 1.54. The molecule has 0 radical (unpaired) electrons. The number of aromatic nitrogens is 2. The highest BCUT2D eigenvalue weighted by atomic mass is 16.5.